The molecule has 0 radical (unpaired) electrons. The van der Waals surface area contributed by atoms with Crippen LogP contribution in [0.15, 0.2) is 66.2 Å². The molecule has 3 aromatic rings. The molecule has 0 saturated heterocycles. The van der Waals surface area contributed by atoms with Gasteiger partial charge in [0.2, 0.25) is 0 Å². The minimum Gasteiger partial charge on any atom is -0.497 e. The summed E-state index contributed by atoms with van der Waals surface area (Å²) in [7, 11) is 1.67. The van der Waals surface area contributed by atoms with E-state index in [2.05, 4.69) is 49.3 Å². The quantitative estimate of drug-likeness (QED) is 0.467. The number of aryl methyl sites for hydroxylation is 2. The maximum Gasteiger partial charge on any atom is 0.190 e. The van der Waals surface area contributed by atoms with Crippen molar-refractivity contribution in [2.24, 2.45) is 4.99 Å². The molecular weight excluding hydrogens is 408 g/mol. The predicted octanol–water partition coefficient (Wildman–Crippen LogP) is 5.84. The molecule has 3 rings (SSSR count). The molecule has 3 nitrogen and oxygen atoms in total. The van der Waals surface area contributed by atoms with Crippen LogP contribution in [0.25, 0.3) is 11.3 Å². The number of halogens is 1. The molecule has 1 heterocycles. The lowest BCUT2D eigenvalue weighted by Crippen LogP contribution is -2.14. The van der Waals surface area contributed by atoms with Crippen molar-refractivity contribution in [1.29, 1.82) is 0 Å². The van der Waals surface area contributed by atoms with Gasteiger partial charge in [-0.15, -0.1) is 34.9 Å². The normalized spacial score (nSPS) is 11.1. The van der Waals surface area contributed by atoms with Crippen molar-refractivity contribution in [3.8, 4) is 17.0 Å². The summed E-state index contributed by atoms with van der Waals surface area (Å²) in [5, 5.41) is 0. The number of hydrogen-bond donors (Lipinski definition) is 0. The summed E-state index contributed by atoms with van der Waals surface area (Å²) in [6.45, 7) is 8.88. The number of ether oxygens (including phenoxy) is 1. The van der Waals surface area contributed by atoms with E-state index in [1.807, 2.05) is 30.3 Å². The highest BCUT2D eigenvalue weighted by atomic mass is 79.9. The van der Waals surface area contributed by atoms with Gasteiger partial charge in [0.25, 0.3) is 0 Å². The molecule has 1 aromatic heterocycles. The minimum atomic E-state index is 0. The van der Waals surface area contributed by atoms with E-state index < -0.39 is 0 Å². The van der Waals surface area contributed by atoms with E-state index in [0.717, 1.165) is 22.8 Å². The summed E-state index contributed by atoms with van der Waals surface area (Å²) in [4.78, 5) is 7.06. The molecule has 0 amide bonds. The number of methoxy groups -OCH3 is 1. The molecule has 26 heavy (non-hydrogen) atoms. The predicted molar refractivity (Wildman–Crippen MR) is 116 cm³/mol. The van der Waals surface area contributed by atoms with Crippen LogP contribution in [0.3, 0.4) is 0 Å². The lowest BCUT2D eigenvalue weighted by Gasteiger charge is -2.08. The highest BCUT2D eigenvalue weighted by Gasteiger charge is 2.12. The number of nitrogens with zero attached hydrogens (tertiary/aromatic N) is 2. The van der Waals surface area contributed by atoms with E-state index in [1.54, 1.807) is 18.4 Å². The van der Waals surface area contributed by atoms with Crippen LogP contribution in [0.2, 0.25) is 0 Å². The third kappa shape index (κ3) is 4.34. The number of aromatic nitrogens is 1. The largest absolute Gasteiger partial charge is 0.497 e. The van der Waals surface area contributed by atoms with Crippen molar-refractivity contribution in [3.05, 3.63) is 76.4 Å². The van der Waals surface area contributed by atoms with Crippen LogP contribution in [0.5, 0.6) is 5.75 Å². The zero-order chi connectivity index (χ0) is 17.8. The SMILES string of the molecule is Br.C=CCn1c(-c2ccc(C)cc2)c(C)sc1=Nc1ccc(OC)cc1. The van der Waals surface area contributed by atoms with Crippen molar-refractivity contribution >= 4 is 34.0 Å². The molecule has 0 aliphatic rings. The van der Waals surface area contributed by atoms with Gasteiger partial charge in [-0.25, -0.2) is 4.99 Å². The summed E-state index contributed by atoms with van der Waals surface area (Å²) in [6, 6.07) is 16.4. The molecule has 0 N–H and O–H groups in total. The smallest absolute Gasteiger partial charge is 0.190 e. The monoisotopic (exact) mass is 430 g/mol. The van der Waals surface area contributed by atoms with Crippen LogP contribution < -0.4 is 9.54 Å². The zero-order valence-electron chi connectivity index (χ0n) is 15.2. The van der Waals surface area contributed by atoms with Crippen LogP contribution in [0.4, 0.5) is 5.69 Å². The van der Waals surface area contributed by atoms with E-state index in [9.17, 15) is 0 Å². The van der Waals surface area contributed by atoms with E-state index in [0.29, 0.717) is 0 Å². The fraction of sp³-hybridized carbons (Fsp3) is 0.190. The van der Waals surface area contributed by atoms with Gasteiger partial charge in [0.05, 0.1) is 18.5 Å². The molecule has 2 aromatic carbocycles. The van der Waals surface area contributed by atoms with Gasteiger partial charge in [0.1, 0.15) is 5.75 Å². The van der Waals surface area contributed by atoms with Gasteiger partial charge in [-0.3, -0.25) is 0 Å². The Balaban J connectivity index is 0.00000243. The van der Waals surface area contributed by atoms with E-state index in [-0.39, 0.29) is 17.0 Å². The fourth-order valence-electron chi connectivity index (χ4n) is 2.75. The number of allylic oxidation sites excluding steroid dienone is 1. The third-order valence-corrected chi connectivity index (χ3v) is 5.01. The second-order valence-electron chi connectivity index (χ2n) is 5.86. The van der Waals surface area contributed by atoms with Crippen molar-refractivity contribution < 1.29 is 4.74 Å². The second-order valence-corrected chi connectivity index (χ2v) is 7.05. The second kappa shape index (κ2) is 9.01. The lowest BCUT2D eigenvalue weighted by atomic mass is 10.1. The Labute approximate surface area is 169 Å². The first-order valence-electron chi connectivity index (χ1n) is 8.19. The molecule has 0 fully saturated rings. The molecule has 0 atom stereocenters. The van der Waals surface area contributed by atoms with E-state index >= 15 is 0 Å². The molecule has 0 aliphatic carbocycles. The Bertz CT molecular complexity index is 938. The summed E-state index contributed by atoms with van der Waals surface area (Å²) in [5.41, 5.74) is 4.58. The maximum atomic E-state index is 5.21. The summed E-state index contributed by atoms with van der Waals surface area (Å²) in [6.07, 6.45) is 1.91. The Morgan fingerprint density at radius 1 is 1.08 bits per heavy atom. The Kier molecular flexibility index (Phi) is 7.00. The van der Waals surface area contributed by atoms with Gasteiger partial charge in [-0.2, -0.15) is 0 Å². The van der Waals surface area contributed by atoms with Gasteiger partial charge in [0.15, 0.2) is 4.80 Å². The molecule has 136 valence electrons. The first-order valence-corrected chi connectivity index (χ1v) is 9.01. The molecule has 0 spiro atoms. The first kappa shape index (κ1) is 20.2. The highest BCUT2D eigenvalue weighted by molar-refractivity contribution is 8.93. The summed E-state index contributed by atoms with van der Waals surface area (Å²) >= 11 is 1.70. The van der Waals surface area contributed by atoms with Gasteiger partial charge in [-0.05, 0) is 43.7 Å². The maximum absolute atomic E-state index is 5.21. The average Bonchev–Trinajstić information content (AvgIpc) is 2.92. The van der Waals surface area contributed by atoms with Crippen LogP contribution >= 0.6 is 28.3 Å². The van der Waals surface area contributed by atoms with Gasteiger partial charge in [-0.1, -0.05) is 35.9 Å². The van der Waals surface area contributed by atoms with Crippen molar-refractivity contribution in [3.63, 3.8) is 0 Å². The number of thiazole rings is 1. The van der Waals surface area contributed by atoms with Crippen LogP contribution in [0, 0.1) is 13.8 Å². The number of hydrogen-bond acceptors (Lipinski definition) is 3. The topological polar surface area (TPSA) is 26.5 Å². The van der Waals surface area contributed by atoms with Gasteiger partial charge in [0, 0.05) is 11.4 Å². The molecule has 0 unspecified atom stereocenters. The Morgan fingerprint density at radius 3 is 2.31 bits per heavy atom. The standard InChI is InChI=1S/C21H22N2OS.BrH/c1-5-14-23-20(17-8-6-15(2)7-9-17)16(3)25-21(23)22-18-10-12-19(24-4)13-11-18;/h5-13H,1,14H2,2-4H3;1H. The minimum absolute atomic E-state index is 0. The van der Waals surface area contributed by atoms with Gasteiger partial charge >= 0.3 is 0 Å². The number of rotatable bonds is 5. The fourth-order valence-corrected chi connectivity index (χ4v) is 3.77. The highest BCUT2D eigenvalue weighted by Crippen LogP contribution is 2.26. The van der Waals surface area contributed by atoms with Crippen LogP contribution in [-0.4, -0.2) is 11.7 Å². The molecule has 0 bridgehead atoms. The molecular formula is C21H23BrN2OS. The molecule has 0 aliphatic heterocycles. The van der Waals surface area contributed by atoms with Gasteiger partial charge < -0.3 is 9.30 Å². The van der Waals surface area contributed by atoms with Crippen molar-refractivity contribution in [2.45, 2.75) is 20.4 Å². The van der Waals surface area contributed by atoms with Crippen LogP contribution in [0.1, 0.15) is 10.4 Å². The van der Waals surface area contributed by atoms with Crippen molar-refractivity contribution in [1.82, 2.24) is 4.57 Å². The summed E-state index contributed by atoms with van der Waals surface area (Å²) in [5.74, 6) is 0.834. The van der Waals surface area contributed by atoms with Crippen molar-refractivity contribution in [2.75, 3.05) is 7.11 Å². The van der Waals surface area contributed by atoms with E-state index in [1.165, 1.54) is 21.7 Å². The van der Waals surface area contributed by atoms with Crippen LogP contribution in [-0.2, 0) is 6.54 Å². The summed E-state index contributed by atoms with van der Waals surface area (Å²) < 4.78 is 7.44. The average molecular weight is 431 g/mol. The molecule has 0 saturated carbocycles. The molecule has 5 heteroatoms. The Hall–Kier alpha value is -2.11. The van der Waals surface area contributed by atoms with E-state index in [4.69, 9.17) is 9.73 Å². The Morgan fingerprint density at radius 2 is 1.73 bits per heavy atom. The number of benzene rings is 2. The third-order valence-electron chi connectivity index (χ3n) is 4.01. The first-order chi connectivity index (χ1) is 12.1. The zero-order valence-corrected chi connectivity index (χ0v) is 17.8. The lowest BCUT2D eigenvalue weighted by molar-refractivity contribution is 0.415.